The summed E-state index contributed by atoms with van der Waals surface area (Å²) in [5, 5.41) is 23.7. The Kier molecular flexibility index (Phi) is 5.45. The smallest absolute Gasteiger partial charge is 0.173 e. The van der Waals surface area contributed by atoms with E-state index in [1.807, 2.05) is 29.8 Å². The largest absolute Gasteiger partial charge is 0.507 e. The number of rotatable bonds is 6. The molecule has 0 spiro atoms. The summed E-state index contributed by atoms with van der Waals surface area (Å²) in [6, 6.07) is 10.9. The van der Waals surface area contributed by atoms with Crippen molar-refractivity contribution in [1.82, 2.24) is 39.2 Å². The van der Waals surface area contributed by atoms with Crippen LogP contribution < -0.4 is 0 Å². The number of hydrogen-bond donors (Lipinski definition) is 1. The Morgan fingerprint density at radius 1 is 1.08 bits per heavy atom. The minimum atomic E-state index is -0.409. The van der Waals surface area contributed by atoms with Crippen LogP contribution in [0.25, 0.3) is 28.0 Å². The second kappa shape index (κ2) is 8.80. The lowest BCUT2D eigenvalue weighted by molar-refractivity contribution is 0.0864. The maximum absolute atomic E-state index is 14.5. The van der Waals surface area contributed by atoms with Crippen LogP contribution >= 0.6 is 0 Å². The van der Waals surface area contributed by atoms with Gasteiger partial charge in [-0.3, -0.25) is 9.58 Å². The fraction of sp³-hybridized carbons (Fsp3) is 0.269. The molecule has 0 radical (unpaired) electrons. The van der Waals surface area contributed by atoms with E-state index in [-0.39, 0.29) is 11.4 Å². The molecule has 5 aromatic rings. The first-order valence-corrected chi connectivity index (χ1v) is 11.8. The molecule has 1 aliphatic rings. The highest BCUT2D eigenvalue weighted by atomic mass is 19.1. The van der Waals surface area contributed by atoms with Crippen molar-refractivity contribution < 1.29 is 9.50 Å². The molecular weight excluding hydrogens is 459 g/mol. The second-order valence-corrected chi connectivity index (χ2v) is 9.38. The van der Waals surface area contributed by atoms with Gasteiger partial charge >= 0.3 is 0 Å². The lowest BCUT2D eigenvalue weighted by atomic mass is 9.94. The van der Waals surface area contributed by atoms with Crippen LogP contribution in [0, 0.1) is 12.7 Å². The molecule has 0 aliphatic carbocycles. The van der Waals surface area contributed by atoms with E-state index in [0.717, 1.165) is 31.0 Å². The van der Waals surface area contributed by atoms with E-state index in [1.54, 1.807) is 41.6 Å². The van der Waals surface area contributed by atoms with E-state index in [2.05, 4.69) is 37.1 Å². The Morgan fingerprint density at radius 3 is 2.67 bits per heavy atom. The highest BCUT2D eigenvalue weighted by Crippen LogP contribution is 2.34. The van der Waals surface area contributed by atoms with Crippen molar-refractivity contribution in [2.75, 3.05) is 13.1 Å². The van der Waals surface area contributed by atoms with Crippen molar-refractivity contribution in [2.24, 2.45) is 0 Å². The summed E-state index contributed by atoms with van der Waals surface area (Å²) in [7, 11) is 0. The summed E-state index contributed by atoms with van der Waals surface area (Å²) < 4.78 is 18.0. The lowest BCUT2D eigenvalue weighted by Crippen LogP contribution is -2.51. The average Bonchev–Trinajstić information content (AvgIpc) is 3.47. The minimum absolute atomic E-state index is 0.0635. The van der Waals surface area contributed by atoms with E-state index < -0.39 is 5.82 Å². The Labute approximate surface area is 206 Å². The van der Waals surface area contributed by atoms with Crippen molar-refractivity contribution in [1.29, 1.82) is 0 Å². The molecule has 1 fully saturated rings. The number of likely N-dealkylation sites (tertiary alicyclic amines) is 1. The summed E-state index contributed by atoms with van der Waals surface area (Å²) >= 11 is 0. The monoisotopic (exact) mass is 484 g/mol. The molecule has 9 nitrogen and oxygen atoms in total. The molecule has 1 unspecified atom stereocenters. The topological polar surface area (TPSA) is 97.3 Å². The maximum Gasteiger partial charge on any atom is 0.173 e. The zero-order chi connectivity index (χ0) is 24.8. The number of nitrogens with zero attached hydrogens (tertiary/aromatic N) is 8. The number of pyridine rings is 1. The number of phenols is 1. The quantitative estimate of drug-likeness (QED) is 0.393. The van der Waals surface area contributed by atoms with Gasteiger partial charge in [0, 0.05) is 48.6 Å². The Bertz CT molecular complexity index is 1520. The Balaban J connectivity index is 1.15. The zero-order valence-electron chi connectivity index (χ0n) is 20.0. The number of phenolic OH excluding ortho intramolecular Hbond substituents is 1. The third-order valence-corrected chi connectivity index (χ3v) is 6.79. The maximum atomic E-state index is 14.5. The van der Waals surface area contributed by atoms with E-state index in [0.29, 0.717) is 34.3 Å². The van der Waals surface area contributed by atoms with Crippen LogP contribution in [-0.2, 0) is 6.54 Å². The van der Waals surface area contributed by atoms with Gasteiger partial charge in [0.1, 0.15) is 18.4 Å². The average molecular weight is 485 g/mol. The van der Waals surface area contributed by atoms with Gasteiger partial charge in [-0.1, -0.05) is 6.07 Å². The first-order chi connectivity index (χ1) is 17.4. The van der Waals surface area contributed by atoms with Crippen molar-refractivity contribution >= 4 is 5.65 Å². The molecule has 1 N–H and O–H groups in total. The van der Waals surface area contributed by atoms with Crippen molar-refractivity contribution in [3.63, 3.8) is 0 Å². The first-order valence-electron chi connectivity index (χ1n) is 11.8. The van der Waals surface area contributed by atoms with Crippen LogP contribution in [0.2, 0.25) is 0 Å². The van der Waals surface area contributed by atoms with Crippen LogP contribution in [-0.4, -0.2) is 63.5 Å². The van der Waals surface area contributed by atoms with Crippen LogP contribution in [0.1, 0.15) is 24.2 Å². The molecule has 4 aromatic heterocycles. The molecule has 1 atom stereocenters. The molecule has 1 saturated heterocycles. The SMILES string of the molecule is Cc1cn2cc(-c3ccc(-c4ccc(C5CN(C(C)Cn6cncn6)C5)nn4)c(O)c3)cc(F)c2n1. The zero-order valence-corrected chi connectivity index (χ0v) is 20.0. The van der Waals surface area contributed by atoms with Crippen molar-refractivity contribution in [3.05, 3.63) is 78.7 Å². The number of hydrogen-bond acceptors (Lipinski definition) is 7. The number of halogens is 1. The molecule has 6 rings (SSSR count). The summed E-state index contributed by atoms with van der Waals surface area (Å²) in [6.07, 6.45) is 6.86. The summed E-state index contributed by atoms with van der Waals surface area (Å²) in [6.45, 7) is 6.64. The van der Waals surface area contributed by atoms with Crippen molar-refractivity contribution in [3.8, 4) is 28.1 Å². The van der Waals surface area contributed by atoms with Gasteiger partial charge in [-0.2, -0.15) is 15.3 Å². The van der Waals surface area contributed by atoms with Crippen LogP contribution in [0.5, 0.6) is 5.75 Å². The van der Waals surface area contributed by atoms with E-state index in [1.165, 1.54) is 6.07 Å². The van der Waals surface area contributed by atoms with Gasteiger partial charge in [0.15, 0.2) is 11.5 Å². The van der Waals surface area contributed by atoms with Crippen LogP contribution in [0.4, 0.5) is 4.39 Å². The molecule has 10 heteroatoms. The van der Waals surface area contributed by atoms with Gasteiger partial charge in [-0.15, -0.1) is 0 Å². The number of benzene rings is 1. The van der Waals surface area contributed by atoms with Gasteiger partial charge in [0.2, 0.25) is 0 Å². The summed E-state index contributed by atoms with van der Waals surface area (Å²) in [5.74, 6) is -0.0149. The molecule has 5 heterocycles. The van der Waals surface area contributed by atoms with E-state index in [4.69, 9.17) is 0 Å². The minimum Gasteiger partial charge on any atom is -0.507 e. The molecule has 1 aromatic carbocycles. The molecule has 182 valence electrons. The van der Waals surface area contributed by atoms with Gasteiger partial charge in [-0.25, -0.2) is 14.4 Å². The highest BCUT2D eigenvalue weighted by molar-refractivity contribution is 5.74. The second-order valence-electron chi connectivity index (χ2n) is 9.38. The highest BCUT2D eigenvalue weighted by Gasteiger charge is 2.32. The summed E-state index contributed by atoms with van der Waals surface area (Å²) in [5.41, 5.74) is 4.48. The van der Waals surface area contributed by atoms with Crippen LogP contribution in [0.3, 0.4) is 0 Å². The standard InChI is InChI=1S/C26H25FN8O/c1-16-9-34-11-19(7-22(27)26(34)30-16)18-3-4-21(25(36)8-18)24-6-5-23(31-32-24)20-12-33(13-20)17(2)10-35-15-28-14-29-35/h3-9,11,14-15,17,20,36H,10,12-13H2,1-2H3. The third-order valence-electron chi connectivity index (χ3n) is 6.79. The fourth-order valence-electron chi connectivity index (χ4n) is 4.74. The predicted octanol–water partition coefficient (Wildman–Crippen LogP) is 3.69. The van der Waals surface area contributed by atoms with E-state index in [9.17, 15) is 9.50 Å². The molecule has 1 aliphatic heterocycles. The van der Waals surface area contributed by atoms with Crippen molar-refractivity contribution in [2.45, 2.75) is 32.4 Å². The molecule has 0 amide bonds. The first kappa shape index (κ1) is 22.3. The summed E-state index contributed by atoms with van der Waals surface area (Å²) in [4.78, 5) is 10.6. The Hall–Kier alpha value is -4.18. The molecular formula is C26H25FN8O. The van der Waals surface area contributed by atoms with E-state index >= 15 is 0 Å². The number of aromatic hydroxyl groups is 1. The van der Waals surface area contributed by atoms with Crippen LogP contribution in [0.15, 0.2) is 61.4 Å². The van der Waals surface area contributed by atoms with Gasteiger partial charge in [0.25, 0.3) is 0 Å². The molecule has 0 saturated carbocycles. The lowest BCUT2D eigenvalue weighted by Gasteiger charge is -2.42. The van der Waals surface area contributed by atoms with Gasteiger partial charge in [-0.05, 0) is 49.7 Å². The fourth-order valence-corrected chi connectivity index (χ4v) is 4.74. The normalized spacial score (nSPS) is 15.3. The third kappa shape index (κ3) is 4.09. The molecule has 0 bridgehead atoms. The van der Waals surface area contributed by atoms with Gasteiger partial charge in [0.05, 0.1) is 23.6 Å². The number of aromatic nitrogens is 7. The number of fused-ring (bicyclic) bond motifs is 1. The van der Waals surface area contributed by atoms with Gasteiger partial charge < -0.3 is 9.51 Å². The predicted molar refractivity (Wildman–Crippen MR) is 132 cm³/mol. The Morgan fingerprint density at radius 2 is 1.94 bits per heavy atom. The number of imidazole rings is 1. The number of aryl methyl sites for hydroxylation is 1. The molecule has 36 heavy (non-hydrogen) atoms.